The van der Waals surface area contributed by atoms with Gasteiger partial charge in [0.1, 0.15) is 0 Å². The Morgan fingerprint density at radius 3 is 2.77 bits per heavy atom. The zero-order chi connectivity index (χ0) is 18.1. The first kappa shape index (κ1) is 17.8. The molecule has 2 heterocycles. The van der Waals surface area contributed by atoms with Gasteiger partial charge in [-0.3, -0.25) is 9.96 Å². The first-order valence-corrected chi connectivity index (χ1v) is 9.47. The Bertz CT molecular complexity index is 696. The van der Waals surface area contributed by atoms with Crippen LogP contribution < -0.4 is 15.7 Å². The number of methoxy groups -OCH3 is 1. The van der Waals surface area contributed by atoms with Gasteiger partial charge in [-0.05, 0) is 49.8 Å². The standard InChI is InChI=1S/C18H27N5O3/c1-26-15-6-3-8-21(12-15)9-7-19-18-20-23(25)17-11-14-5-2-4-13(14)10-16(17)22(18)24/h10-11,15,22-23H,2-9,12H2,1H3,(H,19,20). The summed E-state index contributed by atoms with van der Waals surface area (Å²) in [6.45, 7) is 3.19. The van der Waals surface area contributed by atoms with E-state index in [1.54, 1.807) is 7.11 Å². The molecule has 0 aromatic heterocycles. The second kappa shape index (κ2) is 7.59. The number of piperidine rings is 1. The van der Waals surface area contributed by atoms with Gasteiger partial charge >= 0.3 is 5.96 Å². The predicted molar refractivity (Wildman–Crippen MR) is 98.4 cm³/mol. The summed E-state index contributed by atoms with van der Waals surface area (Å²) >= 11 is 0. The van der Waals surface area contributed by atoms with Crippen LogP contribution in [-0.2, 0) is 17.6 Å². The normalized spacial score (nSPS) is 30.1. The lowest BCUT2D eigenvalue weighted by molar-refractivity contribution is -0.851. The zero-order valence-electron chi connectivity index (χ0n) is 15.2. The van der Waals surface area contributed by atoms with Crippen molar-refractivity contribution in [3.63, 3.8) is 0 Å². The van der Waals surface area contributed by atoms with Crippen molar-refractivity contribution in [3.8, 4) is 0 Å². The smallest absolute Gasteiger partial charge is 0.347 e. The number of hydroxylamine groups is 1. The minimum absolute atomic E-state index is 0.164. The molecule has 0 bridgehead atoms. The fraction of sp³-hybridized carbons (Fsp3) is 0.611. The Labute approximate surface area is 153 Å². The predicted octanol–water partition coefficient (Wildman–Crippen LogP) is -0.811. The fourth-order valence-electron chi connectivity index (χ4n) is 4.18. The maximum atomic E-state index is 12.8. The zero-order valence-corrected chi connectivity index (χ0v) is 15.2. The number of fused-ring (bicyclic) bond motifs is 2. The van der Waals surface area contributed by atoms with E-state index in [9.17, 15) is 10.4 Å². The first-order valence-electron chi connectivity index (χ1n) is 9.47. The number of nitrogens with zero attached hydrogens (tertiary/aromatic N) is 2. The van der Waals surface area contributed by atoms with Gasteiger partial charge in [0, 0.05) is 32.3 Å². The van der Waals surface area contributed by atoms with Crippen LogP contribution in [0.2, 0.25) is 0 Å². The molecule has 0 spiro atoms. The van der Waals surface area contributed by atoms with Gasteiger partial charge in [0.05, 0.1) is 12.6 Å². The second-order valence-corrected chi connectivity index (χ2v) is 7.33. The molecule has 8 heteroatoms. The molecule has 1 saturated heterocycles. The molecule has 1 aromatic rings. The van der Waals surface area contributed by atoms with Crippen molar-refractivity contribution in [2.75, 3.05) is 33.3 Å². The van der Waals surface area contributed by atoms with Gasteiger partial charge in [-0.25, -0.2) is 10.2 Å². The van der Waals surface area contributed by atoms with Gasteiger partial charge < -0.3 is 15.2 Å². The summed E-state index contributed by atoms with van der Waals surface area (Å²) < 4.78 is 5.44. The van der Waals surface area contributed by atoms with Gasteiger partial charge in [0.25, 0.3) is 0 Å². The van der Waals surface area contributed by atoms with E-state index in [-0.39, 0.29) is 22.3 Å². The largest absolute Gasteiger partial charge is 0.621 e. The Kier molecular flexibility index (Phi) is 5.21. The molecule has 2 aliphatic heterocycles. The Balaban J connectivity index is 1.44. The number of ether oxygens (including phenoxy) is 1. The third-order valence-corrected chi connectivity index (χ3v) is 5.65. The van der Waals surface area contributed by atoms with Gasteiger partial charge in [-0.1, -0.05) is 0 Å². The lowest BCUT2D eigenvalue weighted by Gasteiger charge is -2.35. The number of nitrogens with one attached hydrogen (secondary N) is 3. The molecule has 3 unspecified atom stereocenters. The maximum Gasteiger partial charge on any atom is 0.347 e. The highest BCUT2D eigenvalue weighted by atomic mass is 16.6. The third kappa shape index (κ3) is 3.48. The minimum Gasteiger partial charge on any atom is -0.621 e. The van der Waals surface area contributed by atoms with Crippen LogP contribution in [0.1, 0.15) is 30.4 Å². The molecule has 4 rings (SSSR count). The molecule has 1 aromatic carbocycles. The van der Waals surface area contributed by atoms with E-state index in [2.05, 4.69) is 15.3 Å². The summed E-state index contributed by atoms with van der Waals surface area (Å²) in [5.74, 6) is 0.181. The van der Waals surface area contributed by atoms with Crippen LogP contribution in [0.4, 0.5) is 11.4 Å². The molecule has 1 fully saturated rings. The molecule has 0 radical (unpaired) electrons. The number of guanidine groups is 1. The summed E-state index contributed by atoms with van der Waals surface area (Å²) in [5, 5.41) is 24.8. The lowest BCUT2D eigenvalue weighted by Crippen LogP contribution is -3.24. The lowest BCUT2D eigenvalue weighted by atomic mass is 10.1. The van der Waals surface area contributed by atoms with Crippen molar-refractivity contribution < 1.29 is 15.0 Å². The monoisotopic (exact) mass is 361 g/mol. The minimum atomic E-state index is -0.217. The number of aryl methyl sites for hydroxylation is 2. The van der Waals surface area contributed by atoms with E-state index in [1.807, 2.05) is 12.1 Å². The van der Waals surface area contributed by atoms with Crippen molar-refractivity contribution in [2.24, 2.45) is 4.99 Å². The number of hydrogen-bond donors (Lipinski definition) is 3. The molecule has 3 aliphatic rings. The molecular weight excluding hydrogens is 334 g/mol. The molecule has 0 saturated carbocycles. The second-order valence-electron chi connectivity index (χ2n) is 7.33. The van der Waals surface area contributed by atoms with Crippen LogP contribution in [0.25, 0.3) is 0 Å². The summed E-state index contributed by atoms with van der Waals surface area (Å²) in [7, 11) is 1.75. The first-order chi connectivity index (χ1) is 12.7. The quantitative estimate of drug-likeness (QED) is 0.610. The Morgan fingerprint density at radius 2 is 2.00 bits per heavy atom. The average Bonchev–Trinajstić information content (AvgIpc) is 3.12. The van der Waals surface area contributed by atoms with Crippen molar-refractivity contribution in [3.05, 3.63) is 33.7 Å². The van der Waals surface area contributed by atoms with E-state index in [0.717, 1.165) is 51.7 Å². The van der Waals surface area contributed by atoms with E-state index in [0.29, 0.717) is 17.9 Å². The van der Waals surface area contributed by atoms with E-state index in [1.165, 1.54) is 11.1 Å². The van der Waals surface area contributed by atoms with Crippen LogP contribution in [0, 0.1) is 10.4 Å². The van der Waals surface area contributed by atoms with Crippen molar-refractivity contribution in [1.29, 1.82) is 0 Å². The number of hydrogen-bond acceptors (Lipinski definition) is 5. The van der Waals surface area contributed by atoms with E-state index >= 15 is 0 Å². The number of aliphatic imine (C=N–C) groups is 1. The van der Waals surface area contributed by atoms with Crippen LogP contribution in [0.3, 0.4) is 0 Å². The molecule has 1 aliphatic carbocycles. The van der Waals surface area contributed by atoms with E-state index < -0.39 is 0 Å². The molecule has 0 amide bonds. The molecule has 3 atom stereocenters. The topological polar surface area (TPSA) is 91.9 Å². The third-order valence-electron chi connectivity index (χ3n) is 5.65. The molecule has 3 N–H and O–H groups in total. The highest BCUT2D eigenvalue weighted by Gasteiger charge is 2.31. The molecule has 26 heavy (non-hydrogen) atoms. The summed E-state index contributed by atoms with van der Waals surface area (Å²) in [6, 6.07) is 3.79. The maximum absolute atomic E-state index is 12.8. The molecule has 8 nitrogen and oxygen atoms in total. The van der Waals surface area contributed by atoms with Gasteiger partial charge in [-0.2, -0.15) is 5.43 Å². The Morgan fingerprint density at radius 1 is 1.23 bits per heavy atom. The number of likely N-dealkylation sites (tertiary alicyclic amines) is 1. The number of benzene rings is 1. The van der Waals surface area contributed by atoms with Crippen LogP contribution in [0.5, 0.6) is 0 Å². The van der Waals surface area contributed by atoms with Crippen molar-refractivity contribution in [1.82, 2.24) is 10.3 Å². The number of quaternary nitrogens is 2. The van der Waals surface area contributed by atoms with Crippen molar-refractivity contribution >= 4 is 17.3 Å². The van der Waals surface area contributed by atoms with Gasteiger partial charge in [0.15, 0.2) is 0 Å². The summed E-state index contributed by atoms with van der Waals surface area (Å²) in [4.78, 5) is 6.71. The van der Waals surface area contributed by atoms with Gasteiger partial charge in [-0.15, -0.1) is 0 Å². The fourth-order valence-corrected chi connectivity index (χ4v) is 4.18. The van der Waals surface area contributed by atoms with Crippen LogP contribution >= 0.6 is 0 Å². The SMILES string of the molecule is COC1CCCN(CCN=C2N[NH+]([O-])c3cc4c(cc3[NH+]2[O-])CCC4)C1. The van der Waals surface area contributed by atoms with Gasteiger partial charge in [0.2, 0.25) is 11.4 Å². The highest BCUT2D eigenvalue weighted by Crippen LogP contribution is 2.28. The van der Waals surface area contributed by atoms with Crippen LogP contribution in [-0.4, -0.2) is 50.3 Å². The number of rotatable bonds is 4. The van der Waals surface area contributed by atoms with E-state index in [4.69, 9.17) is 4.74 Å². The molecular formula is C18H27N5O3. The Hall–Kier alpha value is -1.55. The highest BCUT2D eigenvalue weighted by molar-refractivity contribution is 5.76. The summed E-state index contributed by atoms with van der Waals surface area (Å²) in [6.07, 6.45) is 5.55. The molecule has 142 valence electrons. The summed E-state index contributed by atoms with van der Waals surface area (Å²) in [5.41, 5.74) is 6.09. The average molecular weight is 361 g/mol. The van der Waals surface area contributed by atoms with Crippen molar-refractivity contribution in [2.45, 2.75) is 38.2 Å². The van der Waals surface area contributed by atoms with Crippen LogP contribution in [0.15, 0.2) is 17.1 Å².